The third kappa shape index (κ3) is 2.73. The van der Waals surface area contributed by atoms with E-state index in [0.717, 1.165) is 5.56 Å². The Hall–Kier alpha value is -0.930. The number of halogens is 1. The molecule has 0 fully saturated rings. The predicted octanol–water partition coefficient (Wildman–Crippen LogP) is 3.23. The van der Waals surface area contributed by atoms with Crippen LogP contribution in [-0.4, -0.2) is 24.9 Å². The van der Waals surface area contributed by atoms with Gasteiger partial charge in [0, 0.05) is 17.9 Å². The van der Waals surface area contributed by atoms with Crippen LogP contribution in [-0.2, 0) is 0 Å². The molecule has 0 saturated heterocycles. The average Bonchev–Trinajstić information content (AvgIpc) is 2.48. The second-order valence-electron chi connectivity index (χ2n) is 5.66. The van der Waals surface area contributed by atoms with Gasteiger partial charge in [0.05, 0.1) is 18.2 Å². The van der Waals surface area contributed by atoms with Crippen molar-refractivity contribution in [1.29, 1.82) is 0 Å². The molecule has 1 aromatic carbocycles. The molecule has 4 heteroatoms. The molecule has 2 rings (SSSR count). The van der Waals surface area contributed by atoms with Crippen molar-refractivity contribution in [2.24, 2.45) is 5.41 Å². The van der Waals surface area contributed by atoms with Gasteiger partial charge in [-0.15, -0.1) is 0 Å². The largest absolute Gasteiger partial charge is 0.489 e. The van der Waals surface area contributed by atoms with E-state index in [1.807, 2.05) is 19.1 Å². The zero-order valence-electron chi connectivity index (χ0n) is 11.0. The summed E-state index contributed by atoms with van der Waals surface area (Å²) < 4.78 is 11.5. The molecular formula is C14H19ClO3. The highest BCUT2D eigenvalue weighted by Crippen LogP contribution is 2.41. The average molecular weight is 271 g/mol. The first-order valence-electron chi connectivity index (χ1n) is 6.13. The lowest BCUT2D eigenvalue weighted by Gasteiger charge is -2.19. The summed E-state index contributed by atoms with van der Waals surface area (Å²) in [6, 6.07) is 3.74. The fourth-order valence-electron chi connectivity index (χ4n) is 1.81. The molecule has 3 nitrogen and oxygen atoms in total. The second kappa shape index (κ2) is 4.98. The van der Waals surface area contributed by atoms with E-state index < -0.39 is 0 Å². The van der Waals surface area contributed by atoms with Gasteiger partial charge in [-0.3, -0.25) is 0 Å². The molecule has 0 aliphatic carbocycles. The molecule has 1 aromatic rings. The Morgan fingerprint density at radius 1 is 1.33 bits per heavy atom. The number of ether oxygens (including phenoxy) is 2. The van der Waals surface area contributed by atoms with Crippen LogP contribution in [0.15, 0.2) is 12.1 Å². The van der Waals surface area contributed by atoms with Crippen molar-refractivity contribution in [2.75, 3.05) is 19.8 Å². The summed E-state index contributed by atoms with van der Waals surface area (Å²) in [4.78, 5) is 0. The maximum atomic E-state index is 9.21. The van der Waals surface area contributed by atoms with Crippen molar-refractivity contribution in [3.63, 3.8) is 0 Å². The SMILES string of the molecule is CC(CO)c1cc(Cl)c2c(c1)OCC(C)(C)CO2. The Kier molecular flexibility index (Phi) is 3.74. The molecule has 0 radical (unpaired) electrons. The Morgan fingerprint density at radius 3 is 2.67 bits per heavy atom. The number of fused-ring (bicyclic) bond motifs is 1. The molecule has 0 amide bonds. The van der Waals surface area contributed by atoms with Crippen LogP contribution in [0.25, 0.3) is 0 Å². The van der Waals surface area contributed by atoms with E-state index in [2.05, 4.69) is 13.8 Å². The van der Waals surface area contributed by atoms with Crippen molar-refractivity contribution in [3.8, 4) is 11.5 Å². The summed E-state index contributed by atoms with van der Waals surface area (Å²) in [5.41, 5.74) is 0.926. The number of hydrogen-bond donors (Lipinski definition) is 1. The van der Waals surface area contributed by atoms with Gasteiger partial charge in [-0.25, -0.2) is 0 Å². The molecule has 0 bridgehead atoms. The van der Waals surface area contributed by atoms with Crippen LogP contribution in [0.3, 0.4) is 0 Å². The van der Waals surface area contributed by atoms with E-state index in [4.69, 9.17) is 21.1 Å². The monoisotopic (exact) mass is 270 g/mol. The molecule has 1 unspecified atom stereocenters. The smallest absolute Gasteiger partial charge is 0.179 e. The lowest BCUT2D eigenvalue weighted by molar-refractivity contribution is 0.140. The fraction of sp³-hybridized carbons (Fsp3) is 0.571. The third-order valence-corrected chi connectivity index (χ3v) is 3.38. The fourth-order valence-corrected chi connectivity index (χ4v) is 2.08. The summed E-state index contributed by atoms with van der Waals surface area (Å²) in [6.07, 6.45) is 0. The molecular weight excluding hydrogens is 252 g/mol. The molecule has 0 aromatic heterocycles. The van der Waals surface area contributed by atoms with Crippen LogP contribution < -0.4 is 9.47 Å². The van der Waals surface area contributed by atoms with Gasteiger partial charge in [-0.2, -0.15) is 0 Å². The highest BCUT2D eigenvalue weighted by Gasteiger charge is 2.27. The van der Waals surface area contributed by atoms with Crippen LogP contribution in [0.2, 0.25) is 5.02 Å². The van der Waals surface area contributed by atoms with Gasteiger partial charge in [0.15, 0.2) is 11.5 Å². The second-order valence-corrected chi connectivity index (χ2v) is 6.06. The van der Waals surface area contributed by atoms with Crippen molar-refractivity contribution in [2.45, 2.75) is 26.7 Å². The van der Waals surface area contributed by atoms with Crippen LogP contribution in [0.1, 0.15) is 32.3 Å². The van der Waals surface area contributed by atoms with Crippen LogP contribution >= 0.6 is 11.6 Å². The van der Waals surface area contributed by atoms with Crippen LogP contribution in [0, 0.1) is 5.41 Å². The third-order valence-electron chi connectivity index (χ3n) is 3.10. The van der Waals surface area contributed by atoms with Gasteiger partial charge < -0.3 is 14.6 Å². The van der Waals surface area contributed by atoms with Gasteiger partial charge in [0.25, 0.3) is 0 Å². The first kappa shape index (κ1) is 13.5. The minimum Gasteiger partial charge on any atom is -0.489 e. The molecule has 1 aliphatic heterocycles. The first-order chi connectivity index (χ1) is 8.43. The lowest BCUT2D eigenvalue weighted by Crippen LogP contribution is -2.26. The summed E-state index contributed by atoms with van der Waals surface area (Å²) in [6.45, 7) is 7.37. The van der Waals surface area contributed by atoms with Crippen molar-refractivity contribution in [3.05, 3.63) is 22.7 Å². The molecule has 0 saturated carbocycles. The van der Waals surface area contributed by atoms with Gasteiger partial charge in [-0.1, -0.05) is 32.4 Å². The Bertz CT molecular complexity index is 443. The lowest BCUT2D eigenvalue weighted by atomic mass is 9.97. The van der Waals surface area contributed by atoms with Gasteiger partial charge >= 0.3 is 0 Å². The molecule has 1 N–H and O–H groups in total. The number of hydrogen-bond acceptors (Lipinski definition) is 3. The number of benzene rings is 1. The number of aliphatic hydroxyl groups excluding tert-OH is 1. The van der Waals surface area contributed by atoms with Gasteiger partial charge in [0.2, 0.25) is 0 Å². The summed E-state index contributed by atoms with van der Waals surface area (Å²) in [5.74, 6) is 1.31. The summed E-state index contributed by atoms with van der Waals surface area (Å²) >= 11 is 6.23. The van der Waals surface area contributed by atoms with Gasteiger partial charge in [0.1, 0.15) is 0 Å². The number of rotatable bonds is 2. The molecule has 1 heterocycles. The molecule has 100 valence electrons. The molecule has 0 spiro atoms. The van der Waals surface area contributed by atoms with E-state index in [-0.39, 0.29) is 17.9 Å². The summed E-state index contributed by atoms with van der Waals surface area (Å²) in [5, 5.41) is 9.75. The molecule has 1 aliphatic rings. The Morgan fingerprint density at radius 2 is 2.00 bits per heavy atom. The van der Waals surface area contributed by atoms with E-state index in [1.165, 1.54) is 0 Å². The standard InChI is InChI=1S/C14H19ClO3/c1-9(6-16)10-4-11(15)13-12(5-10)17-7-14(2,3)8-18-13/h4-5,9,16H,6-8H2,1-3H3. The maximum absolute atomic E-state index is 9.21. The van der Waals surface area contributed by atoms with E-state index in [9.17, 15) is 5.11 Å². The first-order valence-corrected chi connectivity index (χ1v) is 6.50. The van der Waals surface area contributed by atoms with Crippen LogP contribution in [0.4, 0.5) is 0 Å². The number of aliphatic hydroxyl groups is 1. The van der Waals surface area contributed by atoms with Crippen molar-refractivity contribution >= 4 is 11.6 Å². The Labute approximate surface area is 113 Å². The normalized spacial score (nSPS) is 19.2. The zero-order chi connectivity index (χ0) is 13.3. The predicted molar refractivity (Wildman–Crippen MR) is 71.7 cm³/mol. The minimum absolute atomic E-state index is 0.0349. The van der Waals surface area contributed by atoms with E-state index >= 15 is 0 Å². The Balaban J connectivity index is 2.37. The minimum atomic E-state index is -0.0366. The van der Waals surface area contributed by atoms with Gasteiger partial charge in [-0.05, 0) is 17.7 Å². The zero-order valence-corrected chi connectivity index (χ0v) is 11.8. The van der Waals surface area contributed by atoms with E-state index in [1.54, 1.807) is 0 Å². The van der Waals surface area contributed by atoms with Crippen LogP contribution in [0.5, 0.6) is 11.5 Å². The highest BCUT2D eigenvalue weighted by molar-refractivity contribution is 6.32. The summed E-state index contributed by atoms with van der Waals surface area (Å²) in [7, 11) is 0. The quantitative estimate of drug-likeness (QED) is 0.897. The molecule has 18 heavy (non-hydrogen) atoms. The topological polar surface area (TPSA) is 38.7 Å². The molecule has 1 atom stereocenters. The van der Waals surface area contributed by atoms with Crippen molar-refractivity contribution in [1.82, 2.24) is 0 Å². The highest BCUT2D eigenvalue weighted by atomic mass is 35.5. The maximum Gasteiger partial charge on any atom is 0.179 e. The van der Waals surface area contributed by atoms with E-state index in [0.29, 0.717) is 29.7 Å². The van der Waals surface area contributed by atoms with Crippen molar-refractivity contribution < 1.29 is 14.6 Å².